The number of methoxy groups -OCH3 is 3. The predicted octanol–water partition coefficient (Wildman–Crippen LogP) is 2.96. The number of nitrogens with zero attached hydrogens (tertiary/aromatic N) is 1. The van der Waals surface area contributed by atoms with E-state index in [1.165, 1.54) is 21.3 Å². The predicted molar refractivity (Wildman–Crippen MR) is 105 cm³/mol. The molecule has 2 aromatic carbocycles. The van der Waals surface area contributed by atoms with Crippen molar-refractivity contribution < 1.29 is 28.5 Å². The summed E-state index contributed by atoms with van der Waals surface area (Å²) in [5, 5.41) is 0. The number of carbonyl (C=O) groups is 2. The number of ether oxygens (including phenoxy) is 4. The zero-order valence-electron chi connectivity index (χ0n) is 16.7. The summed E-state index contributed by atoms with van der Waals surface area (Å²) in [6, 6.07) is 10.6. The highest BCUT2D eigenvalue weighted by Gasteiger charge is 2.47. The number of carbonyl (C=O) groups excluding carboxylic acids is 2. The minimum absolute atomic E-state index is 0.0462. The van der Waals surface area contributed by atoms with E-state index in [1.54, 1.807) is 29.2 Å². The number of amides is 1. The van der Waals surface area contributed by atoms with E-state index in [2.05, 4.69) is 0 Å². The normalized spacial score (nSPS) is 20.2. The number of ketones is 1. The van der Waals surface area contributed by atoms with E-state index in [0.29, 0.717) is 53.6 Å². The van der Waals surface area contributed by atoms with E-state index in [0.717, 1.165) is 0 Å². The topological polar surface area (TPSA) is 74.3 Å². The van der Waals surface area contributed by atoms with Crippen molar-refractivity contribution >= 4 is 11.7 Å². The van der Waals surface area contributed by atoms with E-state index in [-0.39, 0.29) is 18.1 Å². The average Bonchev–Trinajstić information content (AvgIpc) is 3.14. The van der Waals surface area contributed by atoms with Gasteiger partial charge in [-0.05, 0) is 24.3 Å². The third-order valence-electron chi connectivity index (χ3n) is 5.53. The molecule has 0 aromatic heterocycles. The van der Waals surface area contributed by atoms with Crippen LogP contribution in [-0.2, 0) is 0 Å². The maximum atomic E-state index is 13.3. The minimum atomic E-state index is -0.690. The molecule has 4 rings (SSSR count). The van der Waals surface area contributed by atoms with Crippen molar-refractivity contribution in [2.75, 3.05) is 34.4 Å². The molecular weight excluding hydrogens is 374 g/mol. The Morgan fingerprint density at radius 2 is 1.79 bits per heavy atom. The summed E-state index contributed by atoms with van der Waals surface area (Å²) in [6.07, 6.45) is 0.852. The van der Waals surface area contributed by atoms with Crippen molar-refractivity contribution in [1.29, 1.82) is 0 Å². The molecule has 0 saturated carbocycles. The lowest BCUT2D eigenvalue weighted by molar-refractivity contribution is 0.0427. The Morgan fingerprint density at radius 3 is 2.52 bits per heavy atom. The number of hydrogen-bond acceptors (Lipinski definition) is 6. The number of para-hydroxylation sites is 1. The van der Waals surface area contributed by atoms with Crippen LogP contribution in [0.15, 0.2) is 36.4 Å². The first-order valence-corrected chi connectivity index (χ1v) is 9.41. The van der Waals surface area contributed by atoms with Crippen molar-refractivity contribution in [3.63, 3.8) is 0 Å². The first kappa shape index (κ1) is 19.1. The van der Waals surface area contributed by atoms with Crippen LogP contribution in [0.5, 0.6) is 23.0 Å². The first-order chi connectivity index (χ1) is 14.0. The Hall–Kier alpha value is -3.22. The molecule has 7 nitrogen and oxygen atoms in total. The van der Waals surface area contributed by atoms with E-state index in [4.69, 9.17) is 18.9 Å². The van der Waals surface area contributed by atoms with Gasteiger partial charge in [-0.3, -0.25) is 9.59 Å². The quantitative estimate of drug-likeness (QED) is 0.790. The second kappa shape index (κ2) is 7.31. The van der Waals surface area contributed by atoms with Crippen LogP contribution in [0.3, 0.4) is 0 Å². The molecule has 2 aliphatic rings. The van der Waals surface area contributed by atoms with Gasteiger partial charge in [-0.15, -0.1) is 0 Å². The van der Waals surface area contributed by atoms with Gasteiger partial charge in [0.15, 0.2) is 17.3 Å². The van der Waals surface area contributed by atoms with Gasteiger partial charge in [-0.2, -0.15) is 0 Å². The van der Waals surface area contributed by atoms with Crippen molar-refractivity contribution in [1.82, 2.24) is 4.90 Å². The number of fused-ring (bicyclic) bond motifs is 1. The molecule has 7 heteroatoms. The Bertz CT molecular complexity index is 972. The van der Waals surface area contributed by atoms with E-state index in [9.17, 15) is 9.59 Å². The molecular formula is C22H23NO6. The molecule has 1 unspecified atom stereocenters. The lowest BCUT2D eigenvalue weighted by Gasteiger charge is -2.34. The molecule has 0 N–H and O–H groups in total. The van der Waals surface area contributed by atoms with Gasteiger partial charge in [0.05, 0.1) is 45.4 Å². The lowest BCUT2D eigenvalue weighted by atomic mass is 9.89. The summed E-state index contributed by atoms with van der Waals surface area (Å²) in [7, 11) is 4.51. The Kier molecular flexibility index (Phi) is 4.82. The van der Waals surface area contributed by atoms with Gasteiger partial charge in [0.1, 0.15) is 11.4 Å². The maximum Gasteiger partial charge on any atom is 0.257 e. The highest BCUT2D eigenvalue weighted by Crippen LogP contribution is 2.42. The molecule has 1 spiro atoms. The van der Waals surface area contributed by atoms with Crippen LogP contribution >= 0.6 is 0 Å². The van der Waals surface area contributed by atoms with E-state index >= 15 is 0 Å². The van der Waals surface area contributed by atoms with Gasteiger partial charge in [-0.25, -0.2) is 0 Å². The summed E-state index contributed by atoms with van der Waals surface area (Å²) < 4.78 is 22.3. The van der Waals surface area contributed by atoms with Gasteiger partial charge in [0.2, 0.25) is 5.75 Å². The average molecular weight is 397 g/mol. The summed E-state index contributed by atoms with van der Waals surface area (Å²) in [5.74, 6) is 1.61. The van der Waals surface area contributed by atoms with Crippen LogP contribution in [-0.4, -0.2) is 56.6 Å². The third-order valence-corrected chi connectivity index (χ3v) is 5.53. The maximum absolute atomic E-state index is 13.3. The Morgan fingerprint density at radius 1 is 1.03 bits per heavy atom. The Balaban J connectivity index is 1.61. The fourth-order valence-electron chi connectivity index (χ4n) is 4.13. The lowest BCUT2D eigenvalue weighted by Crippen LogP contribution is -2.45. The molecule has 2 heterocycles. The van der Waals surface area contributed by atoms with Gasteiger partial charge < -0.3 is 23.8 Å². The van der Waals surface area contributed by atoms with Crippen LogP contribution in [0.1, 0.15) is 33.6 Å². The zero-order chi connectivity index (χ0) is 20.6. The van der Waals surface area contributed by atoms with Crippen LogP contribution in [0.25, 0.3) is 0 Å². The zero-order valence-corrected chi connectivity index (χ0v) is 16.7. The second-order valence-electron chi connectivity index (χ2n) is 7.24. The molecule has 1 saturated heterocycles. The fourth-order valence-corrected chi connectivity index (χ4v) is 4.13. The SMILES string of the molecule is COc1ccc(C(=O)N2CCC3(CC(=O)c4ccccc4O3)C2)c(OC)c1OC. The molecule has 1 atom stereocenters. The fraction of sp³-hybridized carbons (Fsp3) is 0.364. The molecule has 0 aliphatic carbocycles. The van der Waals surface area contributed by atoms with Crippen LogP contribution in [0.4, 0.5) is 0 Å². The molecule has 0 bridgehead atoms. The van der Waals surface area contributed by atoms with Crippen molar-refractivity contribution in [2.24, 2.45) is 0 Å². The number of rotatable bonds is 4. The number of Topliss-reactive ketones (excluding diaryl/α,β-unsaturated/α-hetero) is 1. The van der Waals surface area contributed by atoms with Gasteiger partial charge in [0, 0.05) is 13.0 Å². The minimum Gasteiger partial charge on any atom is -0.493 e. The Labute approximate surface area is 169 Å². The summed E-state index contributed by atoms with van der Waals surface area (Å²) in [5.41, 5.74) is 0.291. The monoisotopic (exact) mass is 397 g/mol. The highest BCUT2D eigenvalue weighted by atomic mass is 16.5. The molecule has 2 aromatic rings. The van der Waals surface area contributed by atoms with Gasteiger partial charge in [-0.1, -0.05) is 12.1 Å². The number of benzene rings is 2. The molecule has 1 fully saturated rings. The van der Waals surface area contributed by atoms with Crippen molar-refractivity contribution in [3.8, 4) is 23.0 Å². The number of likely N-dealkylation sites (tertiary alicyclic amines) is 1. The highest BCUT2D eigenvalue weighted by molar-refractivity contribution is 6.01. The third kappa shape index (κ3) is 3.16. The molecule has 152 valence electrons. The number of hydrogen-bond donors (Lipinski definition) is 0. The molecule has 29 heavy (non-hydrogen) atoms. The van der Waals surface area contributed by atoms with Crippen LogP contribution in [0.2, 0.25) is 0 Å². The summed E-state index contributed by atoms with van der Waals surface area (Å²) in [4.78, 5) is 27.6. The summed E-state index contributed by atoms with van der Waals surface area (Å²) >= 11 is 0. The smallest absolute Gasteiger partial charge is 0.257 e. The molecule has 2 aliphatic heterocycles. The van der Waals surface area contributed by atoms with E-state index < -0.39 is 5.60 Å². The largest absolute Gasteiger partial charge is 0.493 e. The van der Waals surface area contributed by atoms with Gasteiger partial charge >= 0.3 is 0 Å². The van der Waals surface area contributed by atoms with Crippen molar-refractivity contribution in [2.45, 2.75) is 18.4 Å². The van der Waals surface area contributed by atoms with Gasteiger partial charge in [0.25, 0.3) is 5.91 Å². The standard InChI is InChI=1S/C22H23NO6/c1-26-18-9-8-15(19(27-2)20(18)28-3)21(25)23-11-10-22(13-23)12-16(24)14-6-4-5-7-17(14)29-22/h4-9H,10-13H2,1-3H3. The first-order valence-electron chi connectivity index (χ1n) is 9.41. The molecule has 1 amide bonds. The van der Waals surface area contributed by atoms with Crippen LogP contribution < -0.4 is 18.9 Å². The van der Waals surface area contributed by atoms with Crippen LogP contribution in [0, 0.1) is 0 Å². The van der Waals surface area contributed by atoms with Crippen molar-refractivity contribution in [3.05, 3.63) is 47.5 Å². The second-order valence-corrected chi connectivity index (χ2v) is 7.24. The summed E-state index contributed by atoms with van der Waals surface area (Å²) in [6.45, 7) is 0.829. The molecule has 0 radical (unpaired) electrons. The van der Waals surface area contributed by atoms with E-state index in [1.807, 2.05) is 12.1 Å².